The first-order valence-corrected chi connectivity index (χ1v) is 8.33. The molecule has 0 spiro atoms. The van der Waals surface area contributed by atoms with Gasteiger partial charge in [0.2, 0.25) is 0 Å². The summed E-state index contributed by atoms with van der Waals surface area (Å²) >= 11 is 5.40. The quantitative estimate of drug-likeness (QED) is 0.673. The second-order valence-corrected chi connectivity index (χ2v) is 6.18. The van der Waals surface area contributed by atoms with Crippen LogP contribution >= 0.6 is 49.4 Å². The summed E-state index contributed by atoms with van der Waals surface area (Å²) in [6, 6.07) is 7.46. The number of aromatic nitrogens is 2. The van der Waals surface area contributed by atoms with Crippen LogP contribution in [-0.4, -0.2) is 36.4 Å². The van der Waals surface area contributed by atoms with Gasteiger partial charge in [-0.25, -0.2) is 0 Å². The molecular formula is C17H24Cl3N3O3S. The summed E-state index contributed by atoms with van der Waals surface area (Å²) in [5.74, 6) is 1.34. The number of aromatic amines is 1. The lowest BCUT2D eigenvalue weighted by Crippen LogP contribution is -2.29. The third kappa shape index (κ3) is 5.86. The molecule has 0 amide bonds. The zero-order valence-corrected chi connectivity index (χ0v) is 18.3. The van der Waals surface area contributed by atoms with Gasteiger partial charge >= 0.3 is 0 Å². The lowest BCUT2D eigenvalue weighted by atomic mass is 10.1. The number of nitrogens with zero attached hydrogens (tertiary/aromatic N) is 1. The molecule has 1 aliphatic rings. The summed E-state index contributed by atoms with van der Waals surface area (Å²) in [6.07, 6.45) is 2.25. The number of ether oxygens (including phenoxy) is 2. The fourth-order valence-corrected chi connectivity index (χ4v) is 3.34. The lowest BCUT2D eigenvalue weighted by molar-refractivity contribution is 0.395. The molecule has 1 fully saturated rings. The highest BCUT2D eigenvalue weighted by Crippen LogP contribution is 2.33. The van der Waals surface area contributed by atoms with Gasteiger partial charge in [0.15, 0.2) is 4.77 Å². The highest BCUT2D eigenvalue weighted by molar-refractivity contribution is 7.71. The maximum absolute atomic E-state index is 12.0. The minimum absolute atomic E-state index is 0. The van der Waals surface area contributed by atoms with Crippen LogP contribution in [0.3, 0.4) is 0 Å². The van der Waals surface area contributed by atoms with E-state index in [-0.39, 0.29) is 42.8 Å². The molecule has 27 heavy (non-hydrogen) atoms. The zero-order chi connectivity index (χ0) is 17.1. The molecule has 1 aromatic heterocycles. The van der Waals surface area contributed by atoms with E-state index in [1.54, 1.807) is 26.4 Å². The molecular weight excluding hydrogens is 433 g/mol. The van der Waals surface area contributed by atoms with Gasteiger partial charge in [0.05, 0.1) is 19.9 Å². The van der Waals surface area contributed by atoms with Crippen LogP contribution in [0, 0.1) is 4.77 Å². The number of halogens is 3. The molecule has 2 aromatic rings. The Labute approximate surface area is 181 Å². The van der Waals surface area contributed by atoms with Gasteiger partial charge < -0.3 is 19.4 Å². The van der Waals surface area contributed by atoms with E-state index in [9.17, 15) is 4.79 Å². The summed E-state index contributed by atoms with van der Waals surface area (Å²) in [4.78, 5) is 14.7. The Morgan fingerprint density at radius 3 is 2.52 bits per heavy atom. The van der Waals surface area contributed by atoms with E-state index in [0.29, 0.717) is 28.9 Å². The summed E-state index contributed by atoms with van der Waals surface area (Å²) in [6.45, 7) is 1.72. The first kappa shape index (κ1) is 25.8. The van der Waals surface area contributed by atoms with E-state index >= 15 is 0 Å². The van der Waals surface area contributed by atoms with Crippen molar-refractivity contribution in [2.45, 2.75) is 25.4 Å². The fourth-order valence-electron chi connectivity index (χ4n) is 3.07. The van der Waals surface area contributed by atoms with Crippen molar-refractivity contribution < 1.29 is 9.47 Å². The van der Waals surface area contributed by atoms with Gasteiger partial charge in [-0.15, -0.1) is 37.2 Å². The monoisotopic (exact) mass is 455 g/mol. The Morgan fingerprint density at radius 1 is 1.19 bits per heavy atom. The molecule has 2 N–H and O–H groups in total. The predicted molar refractivity (Wildman–Crippen MR) is 117 cm³/mol. The van der Waals surface area contributed by atoms with Crippen LogP contribution < -0.4 is 20.3 Å². The van der Waals surface area contributed by atoms with Crippen molar-refractivity contribution in [3.05, 3.63) is 39.4 Å². The average molecular weight is 457 g/mol. The summed E-state index contributed by atoms with van der Waals surface area (Å²) in [5.41, 5.74) is 1.34. The topological polar surface area (TPSA) is 68.3 Å². The molecule has 1 atom stereocenters. The molecule has 3 rings (SSSR count). The third-order valence-electron chi connectivity index (χ3n) is 4.28. The first-order chi connectivity index (χ1) is 11.6. The smallest absolute Gasteiger partial charge is 0.252 e. The zero-order valence-electron chi connectivity index (χ0n) is 15.0. The maximum Gasteiger partial charge on any atom is 0.252 e. The predicted octanol–water partition coefficient (Wildman–Crippen LogP) is 3.61. The van der Waals surface area contributed by atoms with Gasteiger partial charge in [-0.3, -0.25) is 9.78 Å². The summed E-state index contributed by atoms with van der Waals surface area (Å²) in [5, 5.41) is 3.46. The standard InChI is InChI=1S/C17H21N3O3S.3ClH/c1-22-12-5-6-13(15(8-12)23-2)14-9-16(21)19-17(24)20(14)10-11-4-3-7-18-11;;;/h5-6,8-9,11,18H,3-4,7,10H2,1-2H3,(H,19,21,24);3*1H/t11-;;;/m0.../s1. The van der Waals surface area contributed by atoms with Crippen molar-refractivity contribution in [1.29, 1.82) is 0 Å². The Morgan fingerprint density at radius 2 is 1.93 bits per heavy atom. The fraction of sp³-hybridized carbons (Fsp3) is 0.412. The number of rotatable bonds is 5. The minimum Gasteiger partial charge on any atom is -0.497 e. The SMILES string of the molecule is COc1ccc(-c2cc(=O)[nH]c(=S)n2C[C@@H]2CCCN2)c(OC)c1.Cl.Cl.Cl. The second-order valence-electron chi connectivity index (χ2n) is 5.79. The van der Waals surface area contributed by atoms with Crippen LogP contribution in [0.15, 0.2) is 29.1 Å². The van der Waals surface area contributed by atoms with Gasteiger partial charge in [0.1, 0.15) is 11.5 Å². The number of methoxy groups -OCH3 is 2. The van der Waals surface area contributed by atoms with E-state index in [4.69, 9.17) is 21.7 Å². The molecule has 2 heterocycles. The number of hydrogen-bond acceptors (Lipinski definition) is 5. The molecule has 0 saturated carbocycles. The molecule has 0 unspecified atom stereocenters. The third-order valence-corrected chi connectivity index (χ3v) is 4.61. The Balaban J connectivity index is 0.00000225. The van der Waals surface area contributed by atoms with Crippen molar-refractivity contribution in [2.75, 3.05) is 20.8 Å². The number of hydrogen-bond donors (Lipinski definition) is 2. The second kappa shape index (κ2) is 11.6. The Bertz CT molecular complexity index is 851. The molecule has 1 saturated heterocycles. The van der Waals surface area contributed by atoms with Gasteiger partial charge in [-0.1, -0.05) is 0 Å². The van der Waals surface area contributed by atoms with Gasteiger partial charge in [0, 0.05) is 30.3 Å². The minimum atomic E-state index is -0.219. The normalized spacial score (nSPS) is 15.1. The van der Waals surface area contributed by atoms with E-state index in [2.05, 4.69) is 10.3 Å². The molecule has 0 radical (unpaired) electrons. The van der Waals surface area contributed by atoms with E-state index in [1.165, 1.54) is 0 Å². The molecule has 0 bridgehead atoms. The average Bonchev–Trinajstić information content (AvgIpc) is 3.09. The van der Waals surface area contributed by atoms with Crippen molar-refractivity contribution in [2.24, 2.45) is 0 Å². The highest BCUT2D eigenvalue weighted by Gasteiger charge is 2.18. The Hall–Kier alpha value is -1.25. The molecule has 1 aliphatic heterocycles. The van der Waals surface area contributed by atoms with E-state index in [1.807, 2.05) is 16.7 Å². The Kier molecular flexibility index (Phi) is 11.0. The molecule has 10 heteroatoms. The van der Waals surface area contributed by atoms with Crippen LogP contribution in [0.2, 0.25) is 0 Å². The molecule has 1 aromatic carbocycles. The first-order valence-electron chi connectivity index (χ1n) is 7.92. The van der Waals surface area contributed by atoms with Gasteiger partial charge in [0.25, 0.3) is 5.56 Å². The summed E-state index contributed by atoms with van der Waals surface area (Å²) < 4.78 is 13.1. The molecule has 6 nitrogen and oxygen atoms in total. The number of H-pyrrole nitrogens is 1. The molecule has 0 aliphatic carbocycles. The van der Waals surface area contributed by atoms with Crippen molar-refractivity contribution >= 4 is 49.4 Å². The van der Waals surface area contributed by atoms with Crippen molar-refractivity contribution in [1.82, 2.24) is 14.9 Å². The lowest BCUT2D eigenvalue weighted by Gasteiger charge is -2.19. The van der Waals surface area contributed by atoms with Gasteiger partial charge in [-0.2, -0.15) is 0 Å². The summed E-state index contributed by atoms with van der Waals surface area (Å²) in [7, 11) is 3.21. The maximum atomic E-state index is 12.0. The van der Waals surface area contributed by atoms with Gasteiger partial charge in [-0.05, 0) is 43.7 Å². The van der Waals surface area contributed by atoms with Crippen LogP contribution in [0.4, 0.5) is 0 Å². The molecule has 152 valence electrons. The van der Waals surface area contributed by atoms with Crippen molar-refractivity contribution in [3.63, 3.8) is 0 Å². The largest absolute Gasteiger partial charge is 0.497 e. The van der Waals surface area contributed by atoms with Crippen LogP contribution in [0.25, 0.3) is 11.3 Å². The van der Waals surface area contributed by atoms with Crippen LogP contribution in [0.5, 0.6) is 11.5 Å². The number of benzene rings is 1. The van der Waals surface area contributed by atoms with Crippen LogP contribution in [0.1, 0.15) is 12.8 Å². The van der Waals surface area contributed by atoms with Crippen LogP contribution in [-0.2, 0) is 6.54 Å². The van der Waals surface area contributed by atoms with E-state index < -0.39 is 0 Å². The number of nitrogens with one attached hydrogen (secondary N) is 2. The van der Waals surface area contributed by atoms with E-state index in [0.717, 1.165) is 30.6 Å². The highest BCUT2D eigenvalue weighted by atomic mass is 35.5. The van der Waals surface area contributed by atoms with Crippen molar-refractivity contribution in [3.8, 4) is 22.8 Å².